The number of piperazine rings is 1. The predicted octanol–water partition coefficient (Wildman–Crippen LogP) is 0.933. The molecule has 4 heteroatoms. The van der Waals surface area contributed by atoms with E-state index < -0.39 is 12.0 Å². The summed E-state index contributed by atoms with van der Waals surface area (Å²) >= 11 is 0. The van der Waals surface area contributed by atoms with E-state index in [2.05, 4.69) is 22.3 Å². The molecule has 4 nitrogen and oxygen atoms in total. The van der Waals surface area contributed by atoms with Gasteiger partial charge in [-0.05, 0) is 12.5 Å². The van der Waals surface area contributed by atoms with Crippen LogP contribution < -0.4 is 5.32 Å². The highest BCUT2D eigenvalue weighted by molar-refractivity contribution is 5.74. The van der Waals surface area contributed by atoms with Crippen LogP contribution in [-0.2, 0) is 11.3 Å². The van der Waals surface area contributed by atoms with E-state index in [9.17, 15) is 4.79 Å². The number of nitrogens with one attached hydrogen (secondary N) is 1. The lowest BCUT2D eigenvalue weighted by atomic mass is 10.1. The SMILES string of the molecule is CC1CN(Cc2ccccc2)CC(C(=O)O)N1. The van der Waals surface area contributed by atoms with Gasteiger partial charge in [-0.15, -0.1) is 0 Å². The summed E-state index contributed by atoms with van der Waals surface area (Å²) in [6.07, 6.45) is 0. The maximum atomic E-state index is 11.0. The van der Waals surface area contributed by atoms with Crippen molar-refractivity contribution < 1.29 is 9.90 Å². The highest BCUT2D eigenvalue weighted by atomic mass is 16.4. The number of benzene rings is 1. The molecule has 2 N–H and O–H groups in total. The summed E-state index contributed by atoms with van der Waals surface area (Å²) in [5.74, 6) is -0.769. The van der Waals surface area contributed by atoms with E-state index in [4.69, 9.17) is 5.11 Å². The number of hydrogen-bond acceptors (Lipinski definition) is 3. The molecule has 0 amide bonds. The summed E-state index contributed by atoms with van der Waals surface area (Å²) in [6, 6.07) is 9.91. The number of hydrogen-bond donors (Lipinski definition) is 2. The van der Waals surface area contributed by atoms with E-state index in [1.165, 1.54) is 5.56 Å². The maximum absolute atomic E-state index is 11.0. The summed E-state index contributed by atoms with van der Waals surface area (Å²) in [7, 11) is 0. The summed E-state index contributed by atoms with van der Waals surface area (Å²) in [6.45, 7) is 4.29. The second-order valence-electron chi connectivity index (χ2n) is 4.64. The van der Waals surface area contributed by atoms with Gasteiger partial charge >= 0.3 is 5.97 Å². The Kier molecular flexibility index (Phi) is 3.76. The number of carboxylic acid groups (broad SMARTS) is 1. The fraction of sp³-hybridized carbons (Fsp3) is 0.462. The van der Waals surface area contributed by atoms with Crippen LogP contribution in [0.3, 0.4) is 0 Å². The number of carbonyl (C=O) groups is 1. The first kappa shape index (κ1) is 12.1. The second kappa shape index (κ2) is 5.29. The Balaban J connectivity index is 1.99. The van der Waals surface area contributed by atoms with Crippen LogP contribution in [0, 0.1) is 0 Å². The lowest BCUT2D eigenvalue weighted by Gasteiger charge is -2.35. The molecule has 1 aromatic rings. The number of aliphatic carboxylic acids is 1. The van der Waals surface area contributed by atoms with Gasteiger partial charge in [0.1, 0.15) is 6.04 Å². The first-order valence-electron chi connectivity index (χ1n) is 5.90. The first-order chi connectivity index (χ1) is 8.15. The van der Waals surface area contributed by atoms with Crippen molar-refractivity contribution in [1.29, 1.82) is 0 Å². The largest absolute Gasteiger partial charge is 0.480 e. The van der Waals surface area contributed by atoms with Gasteiger partial charge in [-0.3, -0.25) is 15.0 Å². The minimum Gasteiger partial charge on any atom is -0.480 e. The van der Waals surface area contributed by atoms with E-state index in [1.54, 1.807) is 0 Å². The standard InChI is InChI=1S/C13H18N2O2/c1-10-7-15(9-12(14-10)13(16)17)8-11-5-3-2-4-6-11/h2-6,10,12,14H,7-9H2,1H3,(H,16,17). The minimum absolute atomic E-state index is 0.216. The van der Waals surface area contributed by atoms with Gasteiger partial charge in [0.2, 0.25) is 0 Å². The molecule has 0 radical (unpaired) electrons. The molecule has 2 rings (SSSR count). The molecular weight excluding hydrogens is 216 g/mol. The van der Waals surface area contributed by atoms with Crippen molar-refractivity contribution in [1.82, 2.24) is 10.2 Å². The fourth-order valence-corrected chi connectivity index (χ4v) is 2.29. The molecule has 92 valence electrons. The highest BCUT2D eigenvalue weighted by Gasteiger charge is 2.28. The zero-order chi connectivity index (χ0) is 12.3. The molecule has 17 heavy (non-hydrogen) atoms. The molecular formula is C13H18N2O2. The van der Waals surface area contributed by atoms with Crippen LogP contribution in [0.15, 0.2) is 30.3 Å². The molecule has 0 saturated carbocycles. The lowest BCUT2D eigenvalue weighted by molar-refractivity contribution is -0.141. The van der Waals surface area contributed by atoms with E-state index in [0.717, 1.165) is 13.1 Å². The maximum Gasteiger partial charge on any atom is 0.322 e. The molecule has 1 aliphatic rings. The average molecular weight is 234 g/mol. The van der Waals surface area contributed by atoms with Gasteiger partial charge in [0.25, 0.3) is 0 Å². The van der Waals surface area contributed by atoms with E-state index >= 15 is 0 Å². The third kappa shape index (κ3) is 3.28. The Labute approximate surface area is 101 Å². The molecule has 1 heterocycles. The summed E-state index contributed by atoms with van der Waals surface area (Å²) < 4.78 is 0. The van der Waals surface area contributed by atoms with E-state index in [1.807, 2.05) is 25.1 Å². The zero-order valence-electron chi connectivity index (χ0n) is 9.97. The van der Waals surface area contributed by atoms with Gasteiger partial charge in [-0.1, -0.05) is 30.3 Å². The van der Waals surface area contributed by atoms with Crippen LogP contribution >= 0.6 is 0 Å². The molecule has 0 aromatic heterocycles. The van der Waals surface area contributed by atoms with Crippen LogP contribution in [0.25, 0.3) is 0 Å². The third-order valence-electron chi connectivity index (χ3n) is 3.01. The highest BCUT2D eigenvalue weighted by Crippen LogP contribution is 2.10. The number of rotatable bonds is 3. The predicted molar refractivity (Wildman–Crippen MR) is 65.7 cm³/mol. The Morgan fingerprint density at radius 2 is 2.12 bits per heavy atom. The molecule has 0 aliphatic carbocycles. The van der Waals surface area contributed by atoms with Gasteiger partial charge in [-0.2, -0.15) is 0 Å². The quantitative estimate of drug-likeness (QED) is 0.817. The van der Waals surface area contributed by atoms with Crippen molar-refractivity contribution in [3.05, 3.63) is 35.9 Å². The van der Waals surface area contributed by atoms with Gasteiger partial charge in [0.05, 0.1) is 0 Å². The van der Waals surface area contributed by atoms with Crippen LogP contribution in [0.2, 0.25) is 0 Å². The Bertz CT molecular complexity index is 380. The molecule has 2 unspecified atom stereocenters. The van der Waals surface area contributed by atoms with E-state index in [0.29, 0.717) is 6.54 Å². The van der Waals surface area contributed by atoms with Gasteiger partial charge in [0.15, 0.2) is 0 Å². The molecule has 1 fully saturated rings. The van der Waals surface area contributed by atoms with Crippen molar-refractivity contribution in [2.45, 2.75) is 25.6 Å². The number of carboxylic acids is 1. The van der Waals surface area contributed by atoms with Gasteiger partial charge in [-0.25, -0.2) is 0 Å². The van der Waals surface area contributed by atoms with Crippen LogP contribution in [0.4, 0.5) is 0 Å². The molecule has 1 aromatic carbocycles. The van der Waals surface area contributed by atoms with Gasteiger partial charge in [0, 0.05) is 25.7 Å². The molecule has 2 atom stereocenters. The van der Waals surface area contributed by atoms with E-state index in [-0.39, 0.29) is 6.04 Å². The third-order valence-corrected chi connectivity index (χ3v) is 3.01. The smallest absolute Gasteiger partial charge is 0.322 e. The Hall–Kier alpha value is -1.39. The molecule has 0 bridgehead atoms. The van der Waals surface area contributed by atoms with Crippen LogP contribution in [0.1, 0.15) is 12.5 Å². The monoisotopic (exact) mass is 234 g/mol. The molecule has 0 spiro atoms. The minimum atomic E-state index is -0.769. The van der Waals surface area contributed by atoms with Gasteiger partial charge < -0.3 is 5.11 Å². The lowest BCUT2D eigenvalue weighted by Crippen LogP contribution is -2.57. The fourth-order valence-electron chi connectivity index (χ4n) is 2.29. The summed E-state index contributed by atoms with van der Waals surface area (Å²) in [4.78, 5) is 13.2. The first-order valence-corrected chi connectivity index (χ1v) is 5.90. The van der Waals surface area contributed by atoms with Crippen molar-refractivity contribution in [3.63, 3.8) is 0 Å². The topological polar surface area (TPSA) is 52.6 Å². The Morgan fingerprint density at radius 3 is 2.76 bits per heavy atom. The molecule has 1 aliphatic heterocycles. The van der Waals surface area contributed by atoms with Crippen molar-refractivity contribution >= 4 is 5.97 Å². The second-order valence-corrected chi connectivity index (χ2v) is 4.64. The summed E-state index contributed by atoms with van der Waals surface area (Å²) in [5.41, 5.74) is 1.23. The van der Waals surface area contributed by atoms with Crippen LogP contribution in [-0.4, -0.2) is 41.1 Å². The normalized spacial score (nSPS) is 25.7. The van der Waals surface area contributed by atoms with Crippen molar-refractivity contribution in [2.24, 2.45) is 0 Å². The molecule has 1 saturated heterocycles. The summed E-state index contributed by atoms with van der Waals surface area (Å²) in [5, 5.41) is 12.1. The zero-order valence-corrected chi connectivity index (χ0v) is 9.97. The van der Waals surface area contributed by atoms with Crippen molar-refractivity contribution in [2.75, 3.05) is 13.1 Å². The van der Waals surface area contributed by atoms with Crippen LogP contribution in [0.5, 0.6) is 0 Å². The Morgan fingerprint density at radius 1 is 1.41 bits per heavy atom. The average Bonchev–Trinajstić information content (AvgIpc) is 2.29. The van der Waals surface area contributed by atoms with Crippen molar-refractivity contribution in [3.8, 4) is 0 Å². The number of nitrogens with zero attached hydrogens (tertiary/aromatic N) is 1.